The van der Waals surface area contributed by atoms with Crippen molar-refractivity contribution in [3.8, 4) is 0 Å². The number of nitrogens with zero attached hydrogens (tertiary/aromatic N) is 1. The standard InChI is InChI=1S/C10H18N2S/c1-4-7(3)10-12-8(5-2)9(6-11)13-10/h7H,4-6,11H2,1-3H3. The average Bonchev–Trinajstić information content (AvgIpc) is 2.59. The Morgan fingerprint density at radius 2 is 2.15 bits per heavy atom. The molecular formula is C10H18N2S. The van der Waals surface area contributed by atoms with Gasteiger partial charge >= 0.3 is 0 Å². The quantitative estimate of drug-likeness (QED) is 0.808. The van der Waals surface area contributed by atoms with E-state index in [2.05, 4.69) is 25.8 Å². The van der Waals surface area contributed by atoms with Gasteiger partial charge in [-0.05, 0) is 12.8 Å². The number of hydrogen-bond donors (Lipinski definition) is 1. The van der Waals surface area contributed by atoms with E-state index < -0.39 is 0 Å². The molecule has 0 aliphatic rings. The predicted molar refractivity (Wildman–Crippen MR) is 58.1 cm³/mol. The van der Waals surface area contributed by atoms with Crippen molar-refractivity contribution in [2.24, 2.45) is 5.73 Å². The van der Waals surface area contributed by atoms with Crippen LogP contribution in [-0.2, 0) is 13.0 Å². The van der Waals surface area contributed by atoms with Crippen LogP contribution in [0.4, 0.5) is 0 Å². The lowest BCUT2D eigenvalue weighted by Crippen LogP contribution is -1.97. The summed E-state index contributed by atoms with van der Waals surface area (Å²) in [5, 5.41) is 1.25. The molecule has 13 heavy (non-hydrogen) atoms. The minimum Gasteiger partial charge on any atom is -0.326 e. The van der Waals surface area contributed by atoms with E-state index >= 15 is 0 Å². The summed E-state index contributed by atoms with van der Waals surface area (Å²) in [7, 11) is 0. The number of rotatable bonds is 4. The van der Waals surface area contributed by atoms with Crippen molar-refractivity contribution in [2.45, 2.75) is 46.1 Å². The van der Waals surface area contributed by atoms with Crippen LogP contribution in [0.3, 0.4) is 0 Å². The van der Waals surface area contributed by atoms with Gasteiger partial charge in [0.2, 0.25) is 0 Å². The maximum Gasteiger partial charge on any atom is 0.0959 e. The Bertz CT molecular complexity index is 246. The van der Waals surface area contributed by atoms with Crippen LogP contribution in [0.2, 0.25) is 0 Å². The zero-order valence-electron chi connectivity index (χ0n) is 8.63. The van der Waals surface area contributed by atoms with E-state index in [9.17, 15) is 0 Å². The molecule has 2 nitrogen and oxygen atoms in total. The molecule has 1 unspecified atom stereocenters. The highest BCUT2D eigenvalue weighted by Gasteiger charge is 2.12. The average molecular weight is 198 g/mol. The van der Waals surface area contributed by atoms with E-state index in [1.165, 1.54) is 15.6 Å². The summed E-state index contributed by atoms with van der Waals surface area (Å²) in [6.45, 7) is 7.18. The van der Waals surface area contributed by atoms with Gasteiger partial charge in [0.15, 0.2) is 0 Å². The molecular weight excluding hydrogens is 180 g/mol. The van der Waals surface area contributed by atoms with Crippen LogP contribution in [-0.4, -0.2) is 4.98 Å². The SMILES string of the molecule is CCc1nc(C(C)CC)sc1CN. The van der Waals surface area contributed by atoms with Crippen molar-refractivity contribution in [2.75, 3.05) is 0 Å². The Morgan fingerprint density at radius 3 is 2.54 bits per heavy atom. The highest BCUT2D eigenvalue weighted by atomic mass is 32.1. The van der Waals surface area contributed by atoms with Crippen LogP contribution < -0.4 is 5.73 Å². The van der Waals surface area contributed by atoms with E-state index in [-0.39, 0.29) is 0 Å². The van der Waals surface area contributed by atoms with Gasteiger partial charge in [0.1, 0.15) is 0 Å². The van der Waals surface area contributed by atoms with Crippen molar-refractivity contribution in [3.05, 3.63) is 15.6 Å². The van der Waals surface area contributed by atoms with Crippen molar-refractivity contribution in [1.82, 2.24) is 4.98 Å². The van der Waals surface area contributed by atoms with Gasteiger partial charge in [0.05, 0.1) is 10.7 Å². The molecule has 0 saturated heterocycles. The maximum absolute atomic E-state index is 5.65. The lowest BCUT2D eigenvalue weighted by Gasteiger charge is -2.01. The summed E-state index contributed by atoms with van der Waals surface area (Å²) < 4.78 is 0. The fourth-order valence-corrected chi connectivity index (χ4v) is 2.39. The normalized spacial score (nSPS) is 13.2. The first-order valence-electron chi connectivity index (χ1n) is 4.91. The lowest BCUT2D eigenvalue weighted by molar-refractivity contribution is 0.722. The molecule has 3 heteroatoms. The van der Waals surface area contributed by atoms with Gasteiger partial charge in [-0.2, -0.15) is 0 Å². The molecule has 1 aromatic rings. The van der Waals surface area contributed by atoms with Gasteiger partial charge in [-0.25, -0.2) is 4.98 Å². The molecule has 2 N–H and O–H groups in total. The second kappa shape index (κ2) is 4.72. The molecule has 0 aliphatic carbocycles. The van der Waals surface area contributed by atoms with Gasteiger partial charge in [0.25, 0.3) is 0 Å². The van der Waals surface area contributed by atoms with E-state index in [0.29, 0.717) is 12.5 Å². The molecule has 0 aromatic carbocycles. The Hall–Kier alpha value is -0.410. The first-order chi connectivity index (χ1) is 6.22. The summed E-state index contributed by atoms with van der Waals surface area (Å²) in [5.74, 6) is 0.579. The van der Waals surface area contributed by atoms with E-state index in [0.717, 1.165) is 12.8 Å². The van der Waals surface area contributed by atoms with E-state index in [4.69, 9.17) is 5.73 Å². The second-order valence-electron chi connectivity index (χ2n) is 3.29. The number of aromatic nitrogens is 1. The van der Waals surface area contributed by atoms with Crippen LogP contribution in [0.15, 0.2) is 0 Å². The summed E-state index contributed by atoms with van der Waals surface area (Å²) in [6.07, 6.45) is 2.15. The van der Waals surface area contributed by atoms with Gasteiger partial charge in [-0.3, -0.25) is 0 Å². The fourth-order valence-electron chi connectivity index (χ4n) is 1.22. The molecule has 1 aromatic heterocycles. The van der Waals surface area contributed by atoms with Gasteiger partial charge in [-0.1, -0.05) is 20.8 Å². The fraction of sp³-hybridized carbons (Fsp3) is 0.700. The van der Waals surface area contributed by atoms with E-state index in [1.54, 1.807) is 11.3 Å². The predicted octanol–water partition coefficient (Wildman–Crippen LogP) is 2.68. The monoisotopic (exact) mass is 198 g/mol. The first-order valence-corrected chi connectivity index (χ1v) is 5.73. The maximum atomic E-state index is 5.65. The molecule has 0 bridgehead atoms. The van der Waals surface area contributed by atoms with Crippen LogP contribution in [0.25, 0.3) is 0 Å². The largest absolute Gasteiger partial charge is 0.326 e. The molecule has 1 heterocycles. The molecule has 0 aliphatic heterocycles. The van der Waals surface area contributed by atoms with Crippen molar-refractivity contribution >= 4 is 11.3 Å². The Labute approximate surface area is 84.2 Å². The van der Waals surface area contributed by atoms with Crippen LogP contribution in [0, 0.1) is 0 Å². The Morgan fingerprint density at radius 1 is 1.46 bits per heavy atom. The third-order valence-electron chi connectivity index (χ3n) is 2.35. The molecule has 0 spiro atoms. The van der Waals surface area contributed by atoms with Crippen molar-refractivity contribution < 1.29 is 0 Å². The number of aryl methyl sites for hydroxylation is 1. The smallest absolute Gasteiger partial charge is 0.0959 e. The second-order valence-corrected chi connectivity index (χ2v) is 4.40. The number of hydrogen-bond acceptors (Lipinski definition) is 3. The zero-order valence-corrected chi connectivity index (χ0v) is 9.45. The highest BCUT2D eigenvalue weighted by Crippen LogP contribution is 2.26. The molecule has 0 fully saturated rings. The lowest BCUT2D eigenvalue weighted by atomic mass is 10.1. The number of thiazole rings is 1. The molecule has 74 valence electrons. The molecule has 0 radical (unpaired) electrons. The first kappa shape index (κ1) is 10.7. The van der Waals surface area contributed by atoms with Crippen LogP contribution >= 0.6 is 11.3 Å². The Kier molecular flexibility index (Phi) is 3.88. The third-order valence-corrected chi connectivity index (χ3v) is 3.70. The van der Waals surface area contributed by atoms with Gasteiger partial charge in [-0.15, -0.1) is 11.3 Å². The minimum absolute atomic E-state index is 0.579. The molecule has 1 rings (SSSR count). The van der Waals surface area contributed by atoms with Gasteiger partial charge < -0.3 is 5.73 Å². The van der Waals surface area contributed by atoms with Crippen molar-refractivity contribution in [1.29, 1.82) is 0 Å². The molecule has 1 atom stereocenters. The zero-order chi connectivity index (χ0) is 9.84. The van der Waals surface area contributed by atoms with E-state index in [1.807, 2.05) is 0 Å². The highest BCUT2D eigenvalue weighted by molar-refractivity contribution is 7.11. The molecule has 0 amide bonds. The summed E-state index contributed by atoms with van der Waals surface area (Å²) in [5.41, 5.74) is 6.85. The minimum atomic E-state index is 0.579. The Balaban J connectivity index is 2.92. The van der Waals surface area contributed by atoms with Crippen molar-refractivity contribution in [3.63, 3.8) is 0 Å². The summed E-state index contributed by atoms with van der Waals surface area (Å²) in [6, 6.07) is 0. The number of nitrogens with two attached hydrogens (primary N) is 1. The molecule has 0 saturated carbocycles. The topological polar surface area (TPSA) is 38.9 Å². The van der Waals surface area contributed by atoms with Crippen LogP contribution in [0.1, 0.15) is 48.7 Å². The van der Waals surface area contributed by atoms with Gasteiger partial charge in [0, 0.05) is 17.3 Å². The van der Waals surface area contributed by atoms with Crippen LogP contribution in [0.5, 0.6) is 0 Å². The summed E-state index contributed by atoms with van der Waals surface area (Å²) in [4.78, 5) is 5.87. The summed E-state index contributed by atoms with van der Waals surface area (Å²) >= 11 is 1.78. The third kappa shape index (κ3) is 2.29.